The lowest BCUT2D eigenvalue weighted by Gasteiger charge is -2.11. The van der Waals surface area contributed by atoms with E-state index in [0.29, 0.717) is 11.5 Å². The summed E-state index contributed by atoms with van der Waals surface area (Å²) < 4.78 is 15.3. The standard InChI is InChI=1S/C15H21NO6/c1-10(15(18)19)22-7-6-16-14(17)9-11-4-5-12(20-2)13(8-11)21-3/h4-5,8,10H,6-7,9H2,1-3H3,(H,16,17)(H,18,19). The molecule has 1 aromatic carbocycles. The minimum atomic E-state index is -1.03. The van der Waals surface area contributed by atoms with Crippen molar-refractivity contribution in [1.29, 1.82) is 0 Å². The topological polar surface area (TPSA) is 94.1 Å². The first-order chi connectivity index (χ1) is 10.5. The summed E-state index contributed by atoms with van der Waals surface area (Å²) in [5.74, 6) is -0.0513. The third kappa shape index (κ3) is 5.61. The van der Waals surface area contributed by atoms with Gasteiger partial charge in [-0.1, -0.05) is 6.07 Å². The number of carboxylic acid groups (broad SMARTS) is 1. The van der Waals surface area contributed by atoms with Gasteiger partial charge in [-0.05, 0) is 24.6 Å². The second-order valence-electron chi connectivity index (χ2n) is 4.57. The molecular formula is C15H21NO6. The van der Waals surface area contributed by atoms with Gasteiger partial charge in [-0.3, -0.25) is 4.79 Å². The molecule has 122 valence electrons. The van der Waals surface area contributed by atoms with E-state index in [9.17, 15) is 9.59 Å². The molecule has 0 aliphatic carbocycles. The van der Waals surface area contributed by atoms with Crippen LogP contribution in [0.5, 0.6) is 11.5 Å². The first-order valence-electron chi connectivity index (χ1n) is 6.80. The molecule has 0 aliphatic rings. The Balaban J connectivity index is 2.40. The Morgan fingerprint density at radius 1 is 1.23 bits per heavy atom. The number of carbonyl (C=O) groups excluding carboxylic acids is 1. The molecule has 0 aliphatic heterocycles. The number of hydrogen-bond acceptors (Lipinski definition) is 5. The summed E-state index contributed by atoms with van der Waals surface area (Å²) in [5, 5.41) is 11.3. The van der Waals surface area contributed by atoms with Gasteiger partial charge in [-0.2, -0.15) is 0 Å². The van der Waals surface area contributed by atoms with Gasteiger partial charge in [0.25, 0.3) is 0 Å². The zero-order chi connectivity index (χ0) is 16.5. The Labute approximate surface area is 129 Å². The third-order valence-corrected chi connectivity index (χ3v) is 2.95. The van der Waals surface area contributed by atoms with Crippen molar-refractivity contribution in [2.75, 3.05) is 27.4 Å². The van der Waals surface area contributed by atoms with Gasteiger partial charge in [0, 0.05) is 6.54 Å². The molecule has 7 heteroatoms. The number of rotatable bonds is 9. The van der Waals surface area contributed by atoms with Crippen molar-refractivity contribution >= 4 is 11.9 Å². The fraction of sp³-hybridized carbons (Fsp3) is 0.467. The average molecular weight is 311 g/mol. The number of hydrogen-bond donors (Lipinski definition) is 2. The SMILES string of the molecule is COc1ccc(CC(=O)NCCOC(C)C(=O)O)cc1OC. The summed E-state index contributed by atoms with van der Waals surface area (Å²) in [6, 6.07) is 5.25. The largest absolute Gasteiger partial charge is 0.493 e. The zero-order valence-corrected chi connectivity index (χ0v) is 12.9. The maximum Gasteiger partial charge on any atom is 0.332 e. The maximum absolute atomic E-state index is 11.8. The number of amides is 1. The molecule has 0 spiro atoms. The molecule has 0 heterocycles. The average Bonchev–Trinajstić information content (AvgIpc) is 2.50. The predicted molar refractivity (Wildman–Crippen MR) is 79.3 cm³/mol. The Kier molecular flexibility index (Phi) is 7.18. The van der Waals surface area contributed by atoms with Crippen LogP contribution < -0.4 is 14.8 Å². The van der Waals surface area contributed by atoms with Crippen LogP contribution in [-0.4, -0.2) is 50.5 Å². The van der Waals surface area contributed by atoms with Gasteiger partial charge in [0.2, 0.25) is 5.91 Å². The molecule has 0 fully saturated rings. The molecule has 7 nitrogen and oxygen atoms in total. The van der Waals surface area contributed by atoms with Crippen molar-refractivity contribution in [3.63, 3.8) is 0 Å². The molecule has 0 aromatic heterocycles. The highest BCUT2D eigenvalue weighted by Gasteiger charge is 2.11. The second-order valence-corrected chi connectivity index (χ2v) is 4.57. The molecule has 0 radical (unpaired) electrons. The van der Waals surface area contributed by atoms with Crippen LogP contribution in [0.2, 0.25) is 0 Å². The lowest BCUT2D eigenvalue weighted by atomic mass is 10.1. The summed E-state index contributed by atoms with van der Waals surface area (Å²) >= 11 is 0. The third-order valence-electron chi connectivity index (χ3n) is 2.95. The lowest BCUT2D eigenvalue weighted by molar-refractivity contribution is -0.148. The second kappa shape index (κ2) is 8.89. The van der Waals surface area contributed by atoms with Crippen LogP contribution in [0.4, 0.5) is 0 Å². The van der Waals surface area contributed by atoms with Crippen molar-refractivity contribution < 1.29 is 28.9 Å². The fourth-order valence-corrected chi connectivity index (χ4v) is 1.74. The van der Waals surface area contributed by atoms with Crippen molar-refractivity contribution in [2.24, 2.45) is 0 Å². The van der Waals surface area contributed by atoms with E-state index >= 15 is 0 Å². The van der Waals surface area contributed by atoms with Gasteiger partial charge in [0.05, 0.1) is 27.2 Å². The van der Waals surface area contributed by atoms with Crippen LogP contribution in [0.25, 0.3) is 0 Å². The smallest absolute Gasteiger partial charge is 0.332 e. The van der Waals surface area contributed by atoms with Crippen LogP contribution in [0, 0.1) is 0 Å². The van der Waals surface area contributed by atoms with Crippen LogP contribution in [0.3, 0.4) is 0 Å². The molecule has 1 atom stereocenters. The van der Waals surface area contributed by atoms with Gasteiger partial charge < -0.3 is 24.6 Å². The Bertz CT molecular complexity index is 517. The number of ether oxygens (including phenoxy) is 3. The van der Waals surface area contributed by atoms with Crippen LogP contribution in [0.15, 0.2) is 18.2 Å². The quantitative estimate of drug-likeness (QED) is 0.657. The van der Waals surface area contributed by atoms with Crippen LogP contribution in [0.1, 0.15) is 12.5 Å². The predicted octanol–water partition coefficient (Wildman–Crippen LogP) is 0.852. The Morgan fingerprint density at radius 2 is 1.91 bits per heavy atom. The van der Waals surface area contributed by atoms with E-state index in [1.54, 1.807) is 25.3 Å². The summed E-state index contributed by atoms with van der Waals surface area (Å²) in [5.41, 5.74) is 0.787. The highest BCUT2D eigenvalue weighted by molar-refractivity contribution is 5.78. The number of carbonyl (C=O) groups is 2. The van der Waals surface area contributed by atoms with Gasteiger partial charge in [-0.25, -0.2) is 4.79 Å². The van der Waals surface area contributed by atoms with Crippen molar-refractivity contribution in [3.05, 3.63) is 23.8 Å². The van der Waals surface area contributed by atoms with E-state index in [4.69, 9.17) is 19.3 Å². The number of aliphatic carboxylic acids is 1. The molecule has 1 aromatic rings. The first kappa shape index (κ1) is 17.8. The molecular weight excluding hydrogens is 290 g/mol. The van der Waals surface area contributed by atoms with Crippen LogP contribution >= 0.6 is 0 Å². The molecule has 2 N–H and O–H groups in total. The van der Waals surface area contributed by atoms with Gasteiger partial charge in [0.1, 0.15) is 0 Å². The molecule has 22 heavy (non-hydrogen) atoms. The minimum Gasteiger partial charge on any atom is -0.493 e. The summed E-state index contributed by atoms with van der Waals surface area (Å²) in [4.78, 5) is 22.3. The van der Waals surface area contributed by atoms with Gasteiger partial charge in [-0.15, -0.1) is 0 Å². The first-order valence-corrected chi connectivity index (χ1v) is 6.80. The van der Waals surface area contributed by atoms with Gasteiger partial charge in [0.15, 0.2) is 17.6 Å². The van der Waals surface area contributed by atoms with Crippen molar-refractivity contribution in [3.8, 4) is 11.5 Å². The summed E-state index contributed by atoms with van der Waals surface area (Å²) in [6.45, 7) is 1.84. The monoisotopic (exact) mass is 311 g/mol. The Hall–Kier alpha value is -2.28. The number of carboxylic acids is 1. The Morgan fingerprint density at radius 3 is 2.50 bits per heavy atom. The van der Waals surface area contributed by atoms with Gasteiger partial charge >= 0.3 is 5.97 Å². The molecule has 0 saturated carbocycles. The van der Waals surface area contributed by atoms with E-state index in [2.05, 4.69) is 5.32 Å². The fourth-order valence-electron chi connectivity index (χ4n) is 1.74. The zero-order valence-electron chi connectivity index (χ0n) is 12.9. The normalized spacial score (nSPS) is 11.6. The summed E-state index contributed by atoms with van der Waals surface area (Å²) in [7, 11) is 3.07. The van der Waals surface area contributed by atoms with Crippen molar-refractivity contribution in [2.45, 2.75) is 19.4 Å². The van der Waals surface area contributed by atoms with E-state index in [0.717, 1.165) is 5.56 Å². The molecule has 1 rings (SSSR count). The lowest BCUT2D eigenvalue weighted by Crippen LogP contribution is -2.31. The van der Waals surface area contributed by atoms with Crippen molar-refractivity contribution in [1.82, 2.24) is 5.32 Å². The minimum absolute atomic E-state index is 0.144. The van der Waals surface area contributed by atoms with E-state index in [1.165, 1.54) is 14.0 Å². The molecule has 0 saturated heterocycles. The van der Waals surface area contributed by atoms with Crippen LogP contribution in [-0.2, 0) is 20.7 Å². The highest BCUT2D eigenvalue weighted by atomic mass is 16.5. The molecule has 0 bridgehead atoms. The highest BCUT2D eigenvalue weighted by Crippen LogP contribution is 2.27. The maximum atomic E-state index is 11.8. The van der Waals surface area contributed by atoms with E-state index in [-0.39, 0.29) is 25.5 Å². The molecule has 1 unspecified atom stereocenters. The van der Waals surface area contributed by atoms with E-state index < -0.39 is 12.1 Å². The summed E-state index contributed by atoms with van der Waals surface area (Å²) in [6.07, 6.45) is -0.697. The molecule has 1 amide bonds. The number of nitrogens with one attached hydrogen (secondary N) is 1. The van der Waals surface area contributed by atoms with E-state index in [1.807, 2.05) is 0 Å². The number of benzene rings is 1. The number of methoxy groups -OCH3 is 2.